The van der Waals surface area contributed by atoms with Crippen molar-refractivity contribution in [2.75, 3.05) is 0 Å². The number of amides is 2. The summed E-state index contributed by atoms with van der Waals surface area (Å²) in [4.78, 5) is 36.2. The van der Waals surface area contributed by atoms with Crippen LogP contribution in [-0.4, -0.2) is 29.0 Å². The number of benzene rings is 1. The van der Waals surface area contributed by atoms with Gasteiger partial charge in [0, 0.05) is 10.6 Å². The fraction of sp³-hybridized carbons (Fsp3) is 0.158. The van der Waals surface area contributed by atoms with E-state index in [0.29, 0.717) is 16.3 Å². The topological polar surface area (TPSA) is 97.6 Å². The van der Waals surface area contributed by atoms with Crippen LogP contribution < -0.4 is 10.6 Å². The van der Waals surface area contributed by atoms with Gasteiger partial charge in [0.15, 0.2) is 5.11 Å². The van der Waals surface area contributed by atoms with Gasteiger partial charge in [-0.1, -0.05) is 11.6 Å². The van der Waals surface area contributed by atoms with Gasteiger partial charge in [0.05, 0.1) is 11.7 Å². The molecule has 1 aliphatic heterocycles. The van der Waals surface area contributed by atoms with Gasteiger partial charge < -0.3 is 9.15 Å². The summed E-state index contributed by atoms with van der Waals surface area (Å²) in [5, 5.41) is 5.03. The first-order valence-corrected chi connectivity index (χ1v) is 9.02. The molecule has 1 aliphatic rings. The highest BCUT2D eigenvalue weighted by Gasteiger charge is 2.26. The average molecular weight is 419 g/mol. The van der Waals surface area contributed by atoms with Gasteiger partial charge in [-0.15, -0.1) is 0 Å². The quantitative estimate of drug-likeness (QED) is 0.343. The Morgan fingerprint density at radius 2 is 1.86 bits per heavy atom. The number of esters is 1. The van der Waals surface area contributed by atoms with Crippen LogP contribution in [0.1, 0.15) is 30.0 Å². The number of thiocarbonyl (C=S) groups is 1. The summed E-state index contributed by atoms with van der Waals surface area (Å²) in [5.41, 5.74) is 0.562. The summed E-state index contributed by atoms with van der Waals surface area (Å²) >= 11 is 10.8. The van der Waals surface area contributed by atoms with Crippen LogP contribution in [0.5, 0.6) is 0 Å². The molecule has 3 rings (SSSR count). The van der Waals surface area contributed by atoms with Crippen molar-refractivity contribution < 1.29 is 23.5 Å². The maximum Gasteiger partial charge on any atom is 0.339 e. The van der Waals surface area contributed by atoms with Crippen LogP contribution in [0.25, 0.3) is 17.4 Å². The van der Waals surface area contributed by atoms with Crippen molar-refractivity contribution in [2.45, 2.75) is 20.0 Å². The van der Waals surface area contributed by atoms with Gasteiger partial charge >= 0.3 is 5.97 Å². The Morgan fingerprint density at radius 3 is 2.50 bits per heavy atom. The highest BCUT2D eigenvalue weighted by atomic mass is 35.5. The Hall–Kier alpha value is -2.97. The minimum absolute atomic E-state index is 0.0560. The molecular weight excluding hydrogens is 404 g/mol. The molecule has 0 radical (unpaired) electrons. The first-order chi connectivity index (χ1) is 13.2. The van der Waals surface area contributed by atoms with E-state index in [0.717, 1.165) is 0 Å². The number of nitrogens with one attached hydrogen (secondary N) is 2. The summed E-state index contributed by atoms with van der Waals surface area (Å²) in [6, 6.07) is 7.87. The number of hydrogen-bond donors (Lipinski definition) is 2. The van der Waals surface area contributed by atoms with E-state index in [4.69, 9.17) is 33.0 Å². The van der Waals surface area contributed by atoms with E-state index in [2.05, 4.69) is 10.6 Å². The van der Waals surface area contributed by atoms with E-state index >= 15 is 0 Å². The van der Waals surface area contributed by atoms with Crippen molar-refractivity contribution in [3.63, 3.8) is 0 Å². The molecule has 0 unspecified atom stereocenters. The van der Waals surface area contributed by atoms with Crippen LogP contribution in [-0.2, 0) is 14.3 Å². The minimum Gasteiger partial charge on any atom is -0.459 e. The van der Waals surface area contributed by atoms with E-state index in [1.54, 1.807) is 44.2 Å². The van der Waals surface area contributed by atoms with Crippen molar-refractivity contribution in [3.05, 3.63) is 52.3 Å². The lowest BCUT2D eigenvalue weighted by Gasteiger charge is -2.15. The summed E-state index contributed by atoms with van der Waals surface area (Å²) < 4.78 is 11.0. The number of halogens is 1. The molecule has 0 bridgehead atoms. The molecule has 1 aromatic heterocycles. The molecule has 2 aromatic rings. The Balaban J connectivity index is 1.96. The Kier molecular flexibility index (Phi) is 5.62. The van der Waals surface area contributed by atoms with E-state index < -0.39 is 17.8 Å². The Morgan fingerprint density at radius 1 is 1.18 bits per heavy atom. The summed E-state index contributed by atoms with van der Waals surface area (Å²) in [5.74, 6) is -1.20. The third-order valence-corrected chi connectivity index (χ3v) is 4.11. The normalized spacial score (nSPS) is 14.0. The second-order valence-electron chi connectivity index (χ2n) is 6.14. The molecule has 9 heteroatoms. The van der Waals surface area contributed by atoms with Gasteiger partial charge in [0.1, 0.15) is 17.1 Å². The molecule has 7 nitrogen and oxygen atoms in total. The van der Waals surface area contributed by atoms with Crippen LogP contribution in [0.2, 0.25) is 5.02 Å². The van der Waals surface area contributed by atoms with Gasteiger partial charge in [-0.3, -0.25) is 20.2 Å². The predicted molar refractivity (Wildman–Crippen MR) is 107 cm³/mol. The molecule has 0 atom stereocenters. The third-order valence-electron chi connectivity index (χ3n) is 3.67. The van der Waals surface area contributed by atoms with Crippen LogP contribution in [0.15, 0.2) is 40.3 Å². The van der Waals surface area contributed by atoms with Crippen LogP contribution in [0.3, 0.4) is 0 Å². The maximum absolute atomic E-state index is 12.4. The molecule has 0 saturated carbocycles. The molecule has 144 valence electrons. The first-order valence-electron chi connectivity index (χ1n) is 8.23. The molecule has 1 fully saturated rings. The number of ether oxygens (including phenoxy) is 1. The number of carbonyl (C=O) groups excluding carboxylic acids is 3. The predicted octanol–water partition coefficient (Wildman–Crippen LogP) is 3.08. The lowest BCUT2D eigenvalue weighted by Crippen LogP contribution is -2.51. The Bertz CT molecular complexity index is 1000. The second kappa shape index (κ2) is 7.95. The van der Waals surface area contributed by atoms with Crippen LogP contribution >= 0.6 is 23.8 Å². The standard InChI is InChI=1S/C19H15ClN2O5S/c1-9(2)26-18(25)12-5-3-10(20)7-13(12)15-6-4-11(27-15)8-14-16(23)21-19(28)22-17(14)24/h3-9H,1-2H3,(H2,21,22,23,24,28). The van der Waals surface area contributed by atoms with Crippen molar-refractivity contribution in [1.29, 1.82) is 0 Å². The van der Waals surface area contributed by atoms with E-state index in [1.807, 2.05) is 0 Å². The van der Waals surface area contributed by atoms with Gasteiger partial charge in [-0.25, -0.2) is 4.79 Å². The van der Waals surface area contributed by atoms with E-state index in [-0.39, 0.29) is 28.1 Å². The monoisotopic (exact) mass is 418 g/mol. The van der Waals surface area contributed by atoms with Crippen molar-refractivity contribution in [2.24, 2.45) is 0 Å². The molecule has 0 aliphatic carbocycles. The average Bonchev–Trinajstić information content (AvgIpc) is 3.06. The van der Waals surface area contributed by atoms with Gasteiger partial charge in [-0.2, -0.15) is 0 Å². The number of hydrogen-bond acceptors (Lipinski definition) is 6. The maximum atomic E-state index is 12.4. The zero-order valence-electron chi connectivity index (χ0n) is 14.9. The van der Waals surface area contributed by atoms with Crippen molar-refractivity contribution >= 4 is 52.8 Å². The largest absolute Gasteiger partial charge is 0.459 e. The van der Waals surface area contributed by atoms with Gasteiger partial charge in [-0.05, 0) is 62.5 Å². The minimum atomic E-state index is -0.629. The zero-order chi connectivity index (χ0) is 20.4. The first kappa shape index (κ1) is 19.8. The molecular formula is C19H15ClN2O5S. The fourth-order valence-electron chi connectivity index (χ4n) is 2.50. The fourth-order valence-corrected chi connectivity index (χ4v) is 2.86. The summed E-state index contributed by atoms with van der Waals surface area (Å²) in [6.07, 6.45) is 0.995. The Labute approximate surface area is 170 Å². The van der Waals surface area contributed by atoms with Crippen LogP contribution in [0, 0.1) is 0 Å². The highest BCUT2D eigenvalue weighted by Crippen LogP contribution is 2.30. The zero-order valence-corrected chi connectivity index (χ0v) is 16.4. The summed E-state index contributed by atoms with van der Waals surface area (Å²) in [7, 11) is 0. The van der Waals surface area contributed by atoms with E-state index in [1.165, 1.54) is 6.08 Å². The highest BCUT2D eigenvalue weighted by molar-refractivity contribution is 7.80. The molecule has 2 amide bonds. The summed E-state index contributed by atoms with van der Waals surface area (Å²) in [6.45, 7) is 3.49. The lowest BCUT2D eigenvalue weighted by atomic mass is 10.1. The van der Waals surface area contributed by atoms with Gasteiger partial charge in [0.25, 0.3) is 11.8 Å². The van der Waals surface area contributed by atoms with E-state index in [9.17, 15) is 14.4 Å². The van der Waals surface area contributed by atoms with Crippen molar-refractivity contribution in [1.82, 2.24) is 10.6 Å². The molecule has 1 saturated heterocycles. The number of rotatable bonds is 4. The molecule has 2 heterocycles. The van der Waals surface area contributed by atoms with Crippen LogP contribution in [0.4, 0.5) is 0 Å². The van der Waals surface area contributed by atoms with Crippen molar-refractivity contribution in [3.8, 4) is 11.3 Å². The molecule has 28 heavy (non-hydrogen) atoms. The number of furan rings is 1. The second-order valence-corrected chi connectivity index (χ2v) is 6.99. The number of carbonyl (C=O) groups is 3. The third kappa shape index (κ3) is 4.29. The molecule has 0 spiro atoms. The SMILES string of the molecule is CC(C)OC(=O)c1ccc(Cl)cc1-c1ccc(C=C2C(=O)NC(=S)NC2=O)o1. The molecule has 2 N–H and O–H groups in total. The lowest BCUT2D eigenvalue weighted by molar-refractivity contribution is -0.123. The smallest absolute Gasteiger partial charge is 0.339 e. The van der Waals surface area contributed by atoms with Gasteiger partial charge in [0.2, 0.25) is 0 Å². The molecule has 1 aromatic carbocycles.